The van der Waals surface area contributed by atoms with Crippen molar-refractivity contribution in [2.75, 3.05) is 14.2 Å². The summed E-state index contributed by atoms with van der Waals surface area (Å²) in [5.41, 5.74) is 2.65. The number of hydrogen-bond acceptors (Lipinski definition) is 3. The standard InChI is InChI=1S/C13H20N2O/c1-9(16-3)12(14-2)11-7-6-10-5-4-8-15-13(10)11/h4-5,8-9,11-12,14H,6-7H2,1-3H3. The van der Waals surface area contributed by atoms with Crippen molar-refractivity contribution >= 4 is 0 Å². The molecule has 0 fully saturated rings. The van der Waals surface area contributed by atoms with Gasteiger partial charge in [0.25, 0.3) is 0 Å². The van der Waals surface area contributed by atoms with E-state index in [1.807, 2.05) is 19.3 Å². The minimum Gasteiger partial charge on any atom is -0.380 e. The molecule has 3 heteroatoms. The van der Waals surface area contributed by atoms with Gasteiger partial charge >= 0.3 is 0 Å². The van der Waals surface area contributed by atoms with Crippen molar-refractivity contribution in [3.63, 3.8) is 0 Å². The Morgan fingerprint density at radius 2 is 2.38 bits per heavy atom. The van der Waals surface area contributed by atoms with Gasteiger partial charge < -0.3 is 10.1 Å². The fourth-order valence-corrected chi connectivity index (χ4v) is 2.70. The van der Waals surface area contributed by atoms with Gasteiger partial charge in [-0.05, 0) is 38.4 Å². The smallest absolute Gasteiger partial charge is 0.0702 e. The summed E-state index contributed by atoms with van der Waals surface area (Å²) in [7, 11) is 3.77. The summed E-state index contributed by atoms with van der Waals surface area (Å²) in [6.07, 6.45) is 4.41. The molecule has 3 nitrogen and oxygen atoms in total. The van der Waals surface area contributed by atoms with Crippen LogP contribution in [-0.2, 0) is 11.2 Å². The van der Waals surface area contributed by atoms with Crippen LogP contribution in [0.25, 0.3) is 0 Å². The first-order valence-electron chi connectivity index (χ1n) is 5.91. The molecule has 0 spiro atoms. The number of nitrogens with one attached hydrogen (secondary N) is 1. The zero-order valence-electron chi connectivity index (χ0n) is 10.2. The lowest BCUT2D eigenvalue weighted by atomic mass is 9.93. The Morgan fingerprint density at radius 1 is 1.56 bits per heavy atom. The van der Waals surface area contributed by atoms with E-state index in [4.69, 9.17) is 4.74 Å². The maximum Gasteiger partial charge on any atom is 0.0702 e. The number of likely N-dealkylation sites (N-methyl/N-ethyl adjacent to an activating group) is 1. The van der Waals surface area contributed by atoms with Gasteiger partial charge in [-0.1, -0.05) is 6.07 Å². The predicted molar refractivity (Wildman–Crippen MR) is 64.6 cm³/mol. The van der Waals surface area contributed by atoms with E-state index in [0.717, 1.165) is 6.42 Å². The summed E-state index contributed by atoms with van der Waals surface area (Å²) in [6, 6.07) is 4.56. The van der Waals surface area contributed by atoms with Crippen molar-refractivity contribution in [2.24, 2.45) is 0 Å². The number of aryl methyl sites for hydroxylation is 1. The number of ether oxygens (including phenoxy) is 1. The predicted octanol–water partition coefficient (Wildman–Crippen LogP) is 1.73. The van der Waals surface area contributed by atoms with Crippen LogP contribution in [0.15, 0.2) is 18.3 Å². The van der Waals surface area contributed by atoms with Gasteiger partial charge in [-0.3, -0.25) is 4.98 Å². The highest BCUT2D eigenvalue weighted by atomic mass is 16.5. The normalized spacial score (nSPS) is 22.8. The zero-order chi connectivity index (χ0) is 11.5. The van der Waals surface area contributed by atoms with Gasteiger partial charge in [0.15, 0.2) is 0 Å². The Hall–Kier alpha value is -0.930. The largest absolute Gasteiger partial charge is 0.380 e. The minimum absolute atomic E-state index is 0.211. The summed E-state index contributed by atoms with van der Waals surface area (Å²) in [5.74, 6) is 0.483. The zero-order valence-corrected chi connectivity index (χ0v) is 10.2. The summed E-state index contributed by atoms with van der Waals surface area (Å²) < 4.78 is 5.44. The molecule has 1 N–H and O–H groups in total. The monoisotopic (exact) mass is 220 g/mol. The van der Waals surface area contributed by atoms with E-state index in [0.29, 0.717) is 12.0 Å². The third kappa shape index (κ3) is 1.97. The molecular formula is C13H20N2O. The summed E-state index contributed by atoms with van der Waals surface area (Å²) in [4.78, 5) is 4.53. The molecule has 88 valence electrons. The lowest BCUT2D eigenvalue weighted by Gasteiger charge is -2.28. The van der Waals surface area contributed by atoms with Gasteiger partial charge in [-0.2, -0.15) is 0 Å². The molecular weight excluding hydrogens is 200 g/mol. The van der Waals surface area contributed by atoms with Crippen LogP contribution in [-0.4, -0.2) is 31.3 Å². The lowest BCUT2D eigenvalue weighted by Crippen LogP contribution is -2.41. The second kappa shape index (κ2) is 4.93. The van der Waals surface area contributed by atoms with Crippen molar-refractivity contribution in [1.82, 2.24) is 10.3 Å². The van der Waals surface area contributed by atoms with Crippen molar-refractivity contribution in [3.8, 4) is 0 Å². The van der Waals surface area contributed by atoms with Crippen LogP contribution in [0.4, 0.5) is 0 Å². The average Bonchev–Trinajstić information content (AvgIpc) is 2.74. The third-order valence-electron chi connectivity index (χ3n) is 3.65. The summed E-state index contributed by atoms with van der Waals surface area (Å²) in [6.45, 7) is 2.11. The first-order valence-corrected chi connectivity index (χ1v) is 5.91. The highest BCUT2D eigenvalue weighted by Gasteiger charge is 2.33. The van der Waals surface area contributed by atoms with Gasteiger partial charge in [0, 0.05) is 31.0 Å². The van der Waals surface area contributed by atoms with Crippen molar-refractivity contribution in [1.29, 1.82) is 0 Å². The Labute approximate surface area is 97.2 Å². The quantitative estimate of drug-likeness (QED) is 0.839. The number of nitrogens with zero attached hydrogens (tertiary/aromatic N) is 1. The van der Waals surface area contributed by atoms with Crippen LogP contribution >= 0.6 is 0 Å². The van der Waals surface area contributed by atoms with Gasteiger partial charge in [-0.15, -0.1) is 0 Å². The second-order valence-electron chi connectivity index (χ2n) is 4.45. The van der Waals surface area contributed by atoms with E-state index in [2.05, 4.69) is 23.3 Å². The molecule has 1 aromatic heterocycles. The second-order valence-corrected chi connectivity index (χ2v) is 4.45. The molecule has 1 heterocycles. The maximum absolute atomic E-state index is 5.44. The van der Waals surface area contributed by atoms with Crippen molar-refractivity contribution in [2.45, 2.75) is 37.8 Å². The number of aromatic nitrogens is 1. The number of hydrogen-bond donors (Lipinski definition) is 1. The molecule has 1 aromatic rings. The molecule has 0 aliphatic heterocycles. The highest BCUT2D eigenvalue weighted by Crippen LogP contribution is 2.34. The molecule has 0 amide bonds. The molecule has 3 unspecified atom stereocenters. The molecule has 0 bridgehead atoms. The van der Waals surface area contributed by atoms with Crippen LogP contribution in [0, 0.1) is 0 Å². The molecule has 1 aliphatic rings. The van der Waals surface area contributed by atoms with Crippen LogP contribution in [0.2, 0.25) is 0 Å². The van der Waals surface area contributed by atoms with Crippen LogP contribution < -0.4 is 5.32 Å². The minimum atomic E-state index is 0.211. The first kappa shape index (κ1) is 11.6. The molecule has 0 saturated heterocycles. The maximum atomic E-state index is 5.44. The fourth-order valence-electron chi connectivity index (χ4n) is 2.70. The Balaban J connectivity index is 2.23. The third-order valence-corrected chi connectivity index (χ3v) is 3.65. The Morgan fingerprint density at radius 3 is 3.06 bits per heavy atom. The van der Waals surface area contributed by atoms with Gasteiger partial charge in [0.05, 0.1) is 6.10 Å². The van der Waals surface area contributed by atoms with Crippen LogP contribution in [0.3, 0.4) is 0 Å². The topological polar surface area (TPSA) is 34.1 Å². The van der Waals surface area contributed by atoms with Gasteiger partial charge in [0.2, 0.25) is 0 Å². The summed E-state index contributed by atoms with van der Waals surface area (Å²) >= 11 is 0. The van der Waals surface area contributed by atoms with E-state index in [1.54, 1.807) is 7.11 Å². The summed E-state index contributed by atoms with van der Waals surface area (Å²) in [5, 5.41) is 3.37. The van der Waals surface area contributed by atoms with E-state index >= 15 is 0 Å². The van der Waals surface area contributed by atoms with E-state index in [1.165, 1.54) is 17.7 Å². The van der Waals surface area contributed by atoms with Gasteiger partial charge in [-0.25, -0.2) is 0 Å². The number of pyridine rings is 1. The van der Waals surface area contributed by atoms with E-state index in [-0.39, 0.29) is 6.10 Å². The molecule has 0 radical (unpaired) electrons. The van der Waals surface area contributed by atoms with E-state index in [9.17, 15) is 0 Å². The Kier molecular flexibility index (Phi) is 3.56. The number of fused-ring (bicyclic) bond motifs is 1. The van der Waals surface area contributed by atoms with E-state index < -0.39 is 0 Å². The fraction of sp³-hybridized carbons (Fsp3) is 0.615. The van der Waals surface area contributed by atoms with Crippen LogP contribution in [0.5, 0.6) is 0 Å². The van der Waals surface area contributed by atoms with Gasteiger partial charge in [0.1, 0.15) is 0 Å². The lowest BCUT2D eigenvalue weighted by molar-refractivity contribution is 0.0756. The first-order chi connectivity index (χ1) is 7.77. The number of rotatable bonds is 4. The highest BCUT2D eigenvalue weighted by molar-refractivity contribution is 5.30. The SMILES string of the molecule is CNC(C(C)OC)C1CCc2cccnc21. The molecule has 1 aliphatic carbocycles. The molecule has 0 aromatic carbocycles. The molecule has 0 saturated carbocycles. The van der Waals surface area contributed by atoms with Crippen molar-refractivity contribution < 1.29 is 4.74 Å². The van der Waals surface area contributed by atoms with Crippen LogP contribution in [0.1, 0.15) is 30.5 Å². The molecule has 2 rings (SSSR count). The average molecular weight is 220 g/mol. The number of methoxy groups -OCH3 is 1. The van der Waals surface area contributed by atoms with Crippen molar-refractivity contribution in [3.05, 3.63) is 29.6 Å². The molecule has 16 heavy (non-hydrogen) atoms. The molecule has 3 atom stereocenters. The Bertz CT molecular complexity index is 354.